The molecule has 3 amide bonds. The molecule has 0 aliphatic heterocycles. The van der Waals surface area contributed by atoms with Gasteiger partial charge in [-0.15, -0.1) is 0 Å². The topological polar surface area (TPSA) is 321 Å². The van der Waals surface area contributed by atoms with E-state index >= 15 is 0 Å². The molecule has 11 N–H and O–H groups in total. The van der Waals surface area contributed by atoms with Gasteiger partial charge in [0.2, 0.25) is 5.91 Å². The summed E-state index contributed by atoms with van der Waals surface area (Å²) >= 11 is 1.64. The minimum atomic E-state index is -2.14. The fourth-order valence-corrected chi connectivity index (χ4v) is 15.2. The molecular formula is C27H49N7O11PtSSi2. The van der Waals surface area contributed by atoms with Gasteiger partial charge in [0.15, 0.2) is 22.6 Å². The summed E-state index contributed by atoms with van der Waals surface area (Å²) in [6.45, 7) is 8.52. The molecule has 22 heteroatoms. The van der Waals surface area contributed by atoms with Crippen molar-refractivity contribution in [1.29, 1.82) is 0 Å². The number of hydrogen-bond acceptors (Lipinski definition) is 10. The summed E-state index contributed by atoms with van der Waals surface area (Å²) in [7, 11) is -4.22. The van der Waals surface area contributed by atoms with E-state index in [0.29, 0.717) is 29.6 Å². The van der Waals surface area contributed by atoms with Gasteiger partial charge < -0.3 is 52.8 Å². The van der Waals surface area contributed by atoms with E-state index in [1.54, 1.807) is 24.2 Å². The molecule has 0 radical (unpaired) electrons. The number of nitrogens with zero attached hydrogens (tertiary/aromatic N) is 2. The van der Waals surface area contributed by atoms with Crippen LogP contribution in [-0.2, 0) is 61.5 Å². The summed E-state index contributed by atoms with van der Waals surface area (Å²) in [5, 5.41) is 44.1. The van der Waals surface area contributed by atoms with Crippen LogP contribution in [0.4, 0.5) is 4.79 Å². The van der Waals surface area contributed by atoms with E-state index < -0.39 is 64.4 Å². The zero-order valence-electron chi connectivity index (χ0n) is 28.0. The first-order valence-electron chi connectivity index (χ1n) is 14.7. The van der Waals surface area contributed by atoms with Crippen molar-refractivity contribution in [2.75, 3.05) is 11.9 Å². The van der Waals surface area contributed by atoms with E-state index in [4.69, 9.17) is 19.4 Å². The van der Waals surface area contributed by atoms with Crippen LogP contribution in [0.2, 0.25) is 32.2 Å². The minimum absolute atomic E-state index is 0. The van der Waals surface area contributed by atoms with Gasteiger partial charge in [-0.25, -0.2) is 19.6 Å². The monoisotopic (exact) mass is 930 g/mol. The van der Waals surface area contributed by atoms with Crippen molar-refractivity contribution < 1.29 is 74.4 Å². The quantitative estimate of drug-likeness (QED) is 0.0468. The number of aromatic nitrogens is 2. The van der Waals surface area contributed by atoms with Crippen LogP contribution in [0.5, 0.6) is 0 Å². The largest absolute Gasteiger partial charge is 2.00 e. The van der Waals surface area contributed by atoms with Gasteiger partial charge in [-0.1, -0.05) is 6.42 Å². The molecule has 0 aliphatic rings. The molecule has 0 bridgehead atoms. The number of amides is 3. The van der Waals surface area contributed by atoms with E-state index in [-0.39, 0.29) is 78.6 Å². The second kappa shape index (κ2) is 25.1. The number of carboxylic acid groups (broad SMARTS) is 4. The smallest absolute Gasteiger partial charge is 0.693 e. The molecule has 1 atom stereocenters. The molecule has 49 heavy (non-hydrogen) atoms. The number of nitrogens with two attached hydrogens (primary N) is 2. The molecule has 0 unspecified atom stereocenters. The zero-order chi connectivity index (χ0) is 34.9. The fourth-order valence-electron chi connectivity index (χ4n) is 4.32. The Labute approximate surface area is 306 Å². The summed E-state index contributed by atoms with van der Waals surface area (Å²) in [6, 6.07) is -1.40. The molecule has 18 nitrogen and oxygen atoms in total. The zero-order valence-corrected chi connectivity index (χ0v) is 33.1. The van der Waals surface area contributed by atoms with E-state index in [1.807, 2.05) is 0 Å². The Balaban J connectivity index is -0.00000705. The molecule has 0 fully saturated rings. The molecule has 282 valence electrons. The molecule has 1 aromatic rings. The molecular weight excluding hydrogens is 882 g/mol. The van der Waals surface area contributed by atoms with Gasteiger partial charge in [0.25, 0.3) is 0 Å². The standard InChI is InChI=1S/C27H45N5O11SSi2.2H2N.Pt/c1-45(2,12-6-7-19(24(36)37)25(38)39)43-46(3,4)17-44-16-21-29-13-18(14-30-21)15-31-22(33)10-9-20(26(40)41)32-27(42)28-11-5-8-23(34)35;;;/h13-14,19-20H,5-12,15-17H2,1-4H3,(H,31,33)(H,34,35)(H,36,37)(H,38,39)(H,40,41)(H2,28,32,42);2*1H2;/q;2*-1;+2/t20-;;;/m0.../s1. The second-order valence-corrected chi connectivity index (χ2v) is 22.1. The van der Waals surface area contributed by atoms with Crippen molar-refractivity contribution in [3.05, 3.63) is 36.1 Å². The Morgan fingerprint density at radius 2 is 1.43 bits per heavy atom. The molecule has 0 aromatic carbocycles. The van der Waals surface area contributed by atoms with Crippen molar-refractivity contribution in [1.82, 2.24) is 25.9 Å². The van der Waals surface area contributed by atoms with Crippen molar-refractivity contribution >= 4 is 64.2 Å². The van der Waals surface area contributed by atoms with Crippen molar-refractivity contribution in [2.24, 2.45) is 5.92 Å². The molecule has 1 heterocycles. The maximum absolute atomic E-state index is 12.3. The van der Waals surface area contributed by atoms with Crippen LogP contribution >= 0.6 is 11.8 Å². The Hall–Kier alpha value is -2.95. The summed E-state index contributed by atoms with van der Waals surface area (Å²) in [4.78, 5) is 77.0. The predicted octanol–water partition coefficient (Wildman–Crippen LogP) is 3.69. The second-order valence-electron chi connectivity index (χ2n) is 11.8. The molecule has 0 saturated carbocycles. The van der Waals surface area contributed by atoms with Crippen LogP contribution in [0.3, 0.4) is 0 Å². The summed E-state index contributed by atoms with van der Waals surface area (Å²) in [5.74, 6) is -5.64. The van der Waals surface area contributed by atoms with Gasteiger partial charge in [-0.3, -0.25) is 19.2 Å². The number of urea groups is 1. The van der Waals surface area contributed by atoms with Gasteiger partial charge in [0.1, 0.15) is 11.9 Å². The Bertz CT molecular complexity index is 1200. The van der Waals surface area contributed by atoms with Crippen LogP contribution in [0.15, 0.2) is 12.4 Å². The summed E-state index contributed by atoms with van der Waals surface area (Å²) < 4.78 is 6.54. The van der Waals surface area contributed by atoms with Crippen LogP contribution in [0.1, 0.15) is 49.9 Å². The number of rotatable bonds is 23. The third kappa shape index (κ3) is 23.2. The first-order chi connectivity index (χ1) is 21.4. The Morgan fingerprint density at radius 3 is 1.96 bits per heavy atom. The van der Waals surface area contributed by atoms with E-state index in [9.17, 15) is 33.9 Å². The van der Waals surface area contributed by atoms with Crippen molar-refractivity contribution in [3.63, 3.8) is 0 Å². The van der Waals surface area contributed by atoms with Crippen LogP contribution in [0, 0.1) is 5.92 Å². The maximum Gasteiger partial charge on any atom is 2.00 e. The van der Waals surface area contributed by atoms with Crippen molar-refractivity contribution in [2.45, 2.75) is 89.1 Å². The molecule has 1 rings (SSSR count). The average molecular weight is 931 g/mol. The van der Waals surface area contributed by atoms with E-state index in [2.05, 4.69) is 52.1 Å². The molecule has 0 saturated heterocycles. The minimum Gasteiger partial charge on any atom is -0.693 e. The first kappa shape index (κ1) is 50.4. The fraction of sp³-hybridized carbons (Fsp3) is 0.630. The molecule has 0 spiro atoms. The van der Waals surface area contributed by atoms with E-state index in [0.717, 1.165) is 5.38 Å². The Kier molecular flexibility index (Phi) is 25.8. The molecule has 0 aliphatic carbocycles. The number of carbonyl (C=O) groups excluding carboxylic acids is 2. The van der Waals surface area contributed by atoms with Crippen LogP contribution in [-0.4, -0.2) is 101 Å². The molecule has 1 aromatic heterocycles. The number of hydrogen-bond donors (Lipinski definition) is 7. The van der Waals surface area contributed by atoms with Gasteiger partial charge >= 0.3 is 51.0 Å². The summed E-state index contributed by atoms with van der Waals surface area (Å²) in [6.07, 6.45) is 3.49. The van der Waals surface area contributed by atoms with Crippen LogP contribution in [0.25, 0.3) is 12.3 Å². The predicted molar refractivity (Wildman–Crippen MR) is 184 cm³/mol. The van der Waals surface area contributed by atoms with Crippen molar-refractivity contribution in [3.8, 4) is 0 Å². The van der Waals surface area contributed by atoms with Gasteiger partial charge in [-0.05, 0) is 51.5 Å². The van der Waals surface area contributed by atoms with Gasteiger partial charge in [0, 0.05) is 49.3 Å². The van der Waals surface area contributed by atoms with Gasteiger partial charge in [0.05, 0.1) is 5.75 Å². The summed E-state index contributed by atoms with van der Waals surface area (Å²) in [5.41, 5.74) is 0.648. The van der Waals surface area contributed by atoms with Crippen LogP contribution < -0.4 is 16.0 Å². The SMILES string of the molecule is C[Si](C)(CCCC(C(=O)O)C(=O)O)O[Si](C)(C)CSCc1ncc(CNC(=O)CC[C@H](NC(=O)NCCCC(=O)O)C(=O)O)cn1.[NH2-].[NH2-].[Pt+2]. The number of carboxylic acids is 4. The van der Waals surface area contributed by atoms with E-state index in [1.165, 1.54) is 0 Å². The maximum atomic E-state index is 12.3. The first-order valence-corrected chi connectivity index (χ1v) is 22.1. The third-order valence-electron chi connectivity index (χ3n) is 6.47. The number of thioether (sulfide) groups is 1. The van der Waals surface area contributed by atoms with Gasteiger partial charge in [-0.2, -0.15) is 11.8 Å². The number of carbonyl (C=O) groups is 6. The normalized spacial score (nSPS) is 11.5. The average Bonchev–Trinajstić information content (AvgIpc) is 2.93. The number of nitrogens with one attached hydrogen (secondary N) is 3. The number of aliphatic carboxylic acids is 4. The Morgan fingerprint density at radius 1 is 0.837 bits per heavy atom. The third-order valence-corrected chi connectivity index (χ3v) is 16.5.